The number of carbonyl (C=O) groups excluding carboxylic acids is 1. The first-order valence-electron chi connectivity index (χ1n) is 6.48. The van der Waals surface area contributed by atoms with Gasteiger partial charge in [0.25, 0.3) is 0 Å². The van der Waals surface area contributed by atoms with Crippen LogP contribution in [0.2, 0.25) is 5.15 Å². The van der Waals surface area contributed by atoms with Crippen molar-refractivity contribution in [3.8, 4) is 0 Å². The highest BCUT2D eigenvalue weighted by Gasteiger charge is 2.34. The Bertz CT molecular complexity index is 589. The van der Waals surface area contributed by atoms with E-state index in [0.717, 1.165) is 0 Å². The molecule has 112 valence electrons. The molecule has 0 amide bonds. The van der Waals surface area contributed by atoms with Crippen LogP contribution in [0.1, 0.15) is 19.8 Å². The maximum Gasteiger partial charge on any atom is 0.341 e. The van der Waals surface area contributed by atoms with Crippen molar-refractivity contribution in [1.29, 1.82) is 0 Å². The minimum atomic E-state index is -0.581. The maximum atomic E-state index is 12.0. The molecule has 0 aromatic carbocycles. The van der Waals surface area contributed by atoms with Gasteiger partial charge >= 0.3 is 5.70 Å². The molecule has 2 rings (SSSR count). The molecule has 0 atom stereocenters. The van der Waals surface area contributed by atoms with Crippen LogP contribution >= 0.6 is 23.4 Å². The quantitative estimate of drug-likeness (QED) is 0.358. The van der Waals surface area contributed by atoms with Crippen LogP contribution in [0.15, 0.2) is 29.1 Å². The molecule has 1 aliphatic rings. The number of carbonyl (C=O) groups is 1. The van der Waals surface area contributed by atoms with E-state index in [1.54, 1.807) is 23.2 Å². The van der Waals surface area contributed by atoms with Gasteiger partial charge in [-0.25, -0.2) is 4.98 Å². The Morgan fingerprint density at radius 2 is 2.33 bits per heavy atom. The van der Waals surface area contributed by atoms with E-state index in [1.807, 2.05) is 6.92 Å². The topological polar surface area (TPSA) is 76.3 Å². The van der Waals surface area contributed by atoms with Gasteiger partial charge in [0.1, 0.15) is 5.15 Å². The number of hydrogen-bond donors (Lipinski definition) is 0. The standard InChI is InChI=1S/C13H14ClN3O3S/c1-2-3-10(18)12(17(19)20)13-16(6-7-21-13)9-4-5-11(14)15-8-9/h4-5,8H,2-3,6-7H2,1H3. The molecular weight excluding hydrogens is 314 g/mol. The number of nitrogens with zero attached hydrogens (tertiary/aromatic N) is 3. The van der Waals surface area contributed by atoms with Gasteiger partial charge in [-0.05, 0) is 18.6 Å². The molecular formula is C13H14ClN3O3S. The Labute approximate surface area is 131 Å². The second-order valence-corrected chi connectivity index (χ2v) is 5.89. The van der Waals surface area contributed by atoms with Crippen molar-refractivity contribution in [2.24, 2.45) is 0 Å². The lowest BCUT2D eigenvalue weighted by molar-refractivity contribution is -0.419. The predicted octanol–water partition coefficient (Wildman–Crippen LogP) is 3.10. The highest BCUT2D eigenvalue weighted by Crippen LogP contribution is 2.35. The van der Waals surface area contributed by atoms with Gasteiger partial charge < -0.3 is 4.90 Å². The van der Waals surface area contributed by atoms with Crippen LogP contribution in [-0.2, 0) is 4.79 Å². The fourth-order valence-corrected chi connectivity index (χ4v) is 3.28. The summed E-state index contributed by atoms with van der Waals surface area (Å²) in [4.78, 5) is 28.5. The van der Waals surface area contributed by atoms with E-state index in [1.165, 1.54) is 11.8 Å². The zero-order valence-corrected chi connectivity index (χ0v) is 13.0. The molecule has 1 aliphatic heterocycles. The summed E-state index contributed by atoms with van der Waals surface area (Å²) >= 11 is 7.07. The summed E-state index contributed by atoms with van der Waals surface area (Å²) in [5.41, 5.74) is 0.373. The molecule has 6 nitrogen and oxygen atoms in total. The third kappa shape index (κ3) is 3.54. The lowest BCUT2D eigenvalue weighted by Gasteiger charge is -2.18. The Kier molecular flexibility index (Phi) is 5.19. The first-order chi connectivity index (χ1) is 10.0. The highest BCUT2D eigenvalue weighted by atomic mass is 35.5. The van der Waals surface area contributed by atoms with Crippen molar-refractivity contribution >= 4 is 34.8 Å². The monoisotopic (exact) mass is 327 g/mol. The summed E-state index contributed by atoms with van der Waals surface area (Å²) in [5, 5.41) is 12.0. The van der Waals surface area contributed by atoms with Gasteiger partial charge in [-0.1, -0.05) is 30.3 Å². The Balaban J connectivity index is 2.42. The number of rotatable bonds is 5. The van der Waals surface area contributed by atoms with Gasteiger partial charge in [0.15, 0.2) is 5.03 Å². The van der Waals surface area contributed by atoms with Gasteiger partial charge in [-0.3, -0.25) is 14.9 Å². The second kappa shape index (κ2) is 6.91. The van der Waals surface area contributed by atoms with Crippen LogP contribution in [0, 0.1) is 10.1 Å². The van der Waals surface area contributed by atoms with Gasteiger partial charge in [0.05, 0.1) is 16.8 Å². The van der Waals surface area contributed by atoms with Crippen LogP contribution in [0.25, 0.3) is 0 Å². The Morgan fingerprint density at radius 1 is 1.57 bits per heavy atom. The highest BCUT2D eigenvalue weighted by molar-refractivity contribution is 8.03. The zero-order chi connectivity index (χ0) is 15.4. The fourth-order valence-electron chi connectivity index (χ4n) is 2.03. The summed E-state index contributed by atoms with van der Waals surface area (Å²) < 4.78 is 0. The smallest absolute Gasteiger partial charge is 0.328 e. The summed E-state index contributed by atoms with van der Waals surface area (Å²) in [6.45, 7) is 2.42. The average Bonchev–Trinajstić information content (AvgIpc) is 2.88. The average molecular weight is 328 g/mol. The Morgan fingerprint density at radius 3 is 2.90 bits per heavy atom. The summed E-state index contributed by atoms with van der Waals surface area (Å²) in [6, 6.07) is 3.36. The second-order valence-electron chi connectivity index (χ2n) is 4.42. The molecule has 0 bridgehead atoms. The SMILES string of the molecule is CCCC(=O)C(=C1SCCN1c1ccc(Cl)nc1)[N+](=O)[O-]. The number of anilines is 1. The van der Waals surface area contributed by atoms with Crippen LogP contribution in [-0.4, -0.2) is 28.0 Å². The van der Waals surface area contributed by atoms with Crippen LogP contribution in [0.4, 0.5) is 5.69 Å². The van der Waals surface area contributed by atoms with E-state index < -0.39 is 10.7 Å². The van der Waals surface area contributed by atoms with Crippen molar-refractivity contribution in [2.75, 3.05) is 17.2 Å². The summed E-state index contributed by atoms with van der Waals surface area (Å²) in [6.07, 6.45) is 2.31. The van der Waals surface area contributed by atoms with Crippen molar-refractivity contribution in [2.45, 2.75) is 19.8 Å². The number of thioether (sulfide) groups is 1. The minimum Gasteiger partial charge on any atom is -0.328 e. The van der Waals surface area contributed by atoms with E-state index >= 15 is 0 Å². The third-order valence-electron chi connectivity index (χ3n) is 2.95. The molecule has 0 unspecified atom stereocenters. The molecule has 1 saturated heterocycles. The maximum absolute atomic E-state index is 12.0. The molecule has 8 heteroatoms. The largest absolute Gasteiger partial charge is 0.341 e. The molecule has 21 heavy (non-hydrogen) atoms. The molecule has 1 fully saturated rings. The van der Waals surface area contributed by atoms with E-state index in [2.05, 4.69) is 4.98 Å². The molecule has 1 aromatic heterocycles. The third-order valence-corrected chi connectivity index (χ3v) is 4.25. The summed E-state index contributed by atoms with van der Waals surface area (Å²) in [7, 11) is 0. The molecule has 0 N–H and O–H groups in total. The van der Waals surface area contributed by atoms with Crippen LogP contribution in [0.5, 0.6) is 0 Å². The van der Waals surface area contributed by atoms with E-state index in [0.29, 0.717) is 34.6 Å². The minimum absolute atomic E-state index is 0.174. The molecule has 0 aliphatic carbocycles. The van der Waals surface area contributed by atoms with Gasteiger partial charge in [-0.2, -0.15) is 0 Å². The first kappa shape index (κ1) is 15.8. The summed E-state index contributed by atoms with van der Waals surface area (Å²) in [5.74, 6) is 0.258. The van der Waals surface area contributed by atoms with Crippen molar-refractivity contribution in [1.82, 2.24) is 4.98 Å². The van der Waals surface area contributed by atoms with Crippen molar-refractivity contribution in [3.05, 3.63) is 44.3 Å². The van der Waals surface area contributed by atoms with Gasteiger partial charge in [0, 0.05) is 18.7 Å². The first-order valence-corrected chi connectivity index (χ1v) is 7.84. The number of halogens is 1. The lowest BCUT2D eigenvalue weighted by Crippen LogP contribution is -2.23. The number of Topliss-reactive ketones (excluding diaryl/α,β-unsaturated/α-hetero) is 1. The van der Waals surface area contributed by atoms with E-state index in [4.69, 9.17) is 11.6 Å². The van der Waals surface area contributed by atoms with Crippen LogP contribution < -0.4 is 4.90 Å². The normalized spacial score (nSPS) is 17.0. The molecule has 0 saturated carbocycles. The number of pyridine rings is 1. The van der Waals surface area contributed by atoms with Gasteiger partial charge in [0.2, 0.25) is 5.78 Å². The van der Waals surface area contributed by atoms with Gasteiger partial charge in [-0.15, -0.1) is 0 Å². The number of nitro groups is 1. The molecule has 0 spiro atoms. The molecule has 1 aromatic rings. The zero-order valence-electron chi connectivity index (χ0n) is 11.4. The predicted molar refractivity (Wildman–Crippen MR) is 83.0 cm³/mol. The van der Waals surface area contributed by atoms with E-state index in [-0.39, 0.29) is 12.1 Å². The molecule has 2 heterocycles. The van der Waals surface area contributed by atoms with Crippen molar-refractivity contribution < 1.29 is 9.72 Å². The fraction of sp³-hybridized carbons (Fsp3) is 0.385. The van der Waals surface area contributed by atoms with E-state index in [9.17, 15) is 14.9 Å². The lowest BCUT2D eigenvalue weighted by atomic mass is 10.2. The van der Waals surface area contributed by atoms with Crippen LogP contribution in [0.3, 0.4) is 0 Å². The Hall–Kier alpha value is -1.60. The van der Waals surface area contributed by atoms with Crippen molar-refractivity contribution in [3.63, 3.8) is 0 Å². The molecule has 0 radical (unpaired) electrons. The number of allylic oxidation sites excluding steroid dienone is 1. The number of aromatic nitrogens is 1. The number of hydrogen-bond acceptors (Lipinski definition) is 6. The number of ketones is 1.